The summed E-state index contributed by atoms with van der Waals surface area (Å²) in [5.41, 5.74) is 0. The molecule has 0 radical (unpaired) electrons. The number of hydrogen-bond acceptors (Lipinski definition) is 3. The zero-order valence-corrected chi connectivity index (χ0v) is 11.1. The lowest BCUT2D eigenvalue weighted by molar-refractivity contribution is -0.140. The Kier molecular flexibility index (Phi) is 4.76. The average Bonchev–Trinajstić information content (AvgIpc) is 2.51. The molecule has 0 saturated heterocycles. The summed E-state index contributed by atoms with van der Waals surface area (Å²) >= 11 is 5.03. The summed E-state index contributed by atoms with van der Waals surface area (Å²) in [6.07, 6.45) is 0. The van der Waals surface area contributed by atoms with Crippen molar-refractivity contribution in [3.05, 3.63) is 20.8 Å². The van der Waals surface area contributed by atoms with Gasteiger partial charge in [0.25, 0.3) is 0 Å². The van der Waals surface area contributed by atoms with Crippen molar-refractivity contribution in [1.29, 1.82) is 0 Å². The van der Waals surface area contributed by atoms with Gasteiger partial charge in [-0.05, 0) is 33.3 Å². The van der Waals surface area contributed by atoms with Crippen LogP contribution in [0.15, 0.2) is 15.9 Å². The highest BCUT2D eigenvalue weighted by Crippen LogP contribution is 2.22. The molecule has 1 aromatic rings. The molecule has 5 heteroatoms. The number of carboxylic acid groups (broad SMARTS) is 1. The van der Waals surface area contributed by atoms with Gasteiger partial charge in [-0.2, -0.15) is 0 Å². The van der Waals surface area contributed by atoms with E-state index in [1.54, 1.807) is 11.3 Å². The quantitative estimate of drug-likeness (QED) is 0.877. The summed E-state index contributed by atoms with van der Waals surface area (Å²) in [6.45, 7) is 4.39. The van der Waals surface area contributed by atoms with E-state index in [2.05, 4.69) is 21.2 Å². The number of halogens is 1. The third-order valence-corrected chi connectivity index (χ3v) is 4.03. The summed E-state index contributed by atoms with van der Waals surface area (Å²) in [5, 5.41) is 14.0. The third kappa shape index (κ3) is 3.59. The number of carbonyl (C=O) groups is 1. The maximum atomic E-state index is 10.9. The Morgan fingerprint density at radius 3 is 2.73 bits per heavy atom. The first-order chi connectivity index (χ1) is 7.02. The van der Waals surface area contributed by atoms with Crippen LogP contribution in [0.1, 0.15) is 18.7 Å². The SMILES string of the molecule is CC(C)[C@@H](NCc1sccc1Br)C(=O)O. The Morgan fingerprint density at radius 1 is 1.67 bits per heavy atom. The van der Waals surface area contributed by atoms with E-state index in [0.717, 1.165) is 9.35 Å². The van der Waals surface area contributed by atoms with Crippen LogP contribution in [0.4, 0.5) is 0 Å². The number of nitrogens with one attached hydrogen (secondary N) is 1. The van der Waals surface area contributed by atoms with E-state index in [-0.39, 0.29) is 5.92 Å². The van der Waals surface area contributed by atoms with E-state index in [1.165, 1.54) is 0 Å². The van der Waals surface area contributed by atoms with Gasteiger partial charge in [-0.3, -0.25) is 10.1 Å². The average molecular weight is 292 g/mol. The molecule has 0 aliphatic heterocycles. The fourth-order valence-electron chi connectivity index (χ4n) is 1.26. The highest BCUT2D eigenvalue weighted by molar-refractivity contribution is 9.10. The Balaban J connectivity index is 2.55. The van der Waals surface area contributed by atoms with Crippen LogP contribution in [-0.4, -0.2) is 17.1 Å². The van der Waals surface area contributed by atoms with Gasteiger partial charge in [0.05, 0.1) is 0 Å². The first-order valence-corrected chi connectivity index (χ1v) is 6.37. The molecule has 0 aromatic carbocycles. The highest BCUT2D eigenvalue weighted by atomic mass is 79.9. The normalized spacial score (nSPS) is 13.1. The zero-order chi connectivity index (χ0) is 11.4. The second kappa shape index (κ2) is 5.63. The van der Waals surface area contributed by atoms with Crippen LogP contribution in [0.5, 0.6) is 0 Å². The molecule has 0 unspecified atom stereocenters. The van der Waals surface area contributed by atoms with Crippen LogP contribution in [0, 0.1) is 5.92 Å². The summed E-state index contributed by atoms with van der Waals surface area (Å²) in [7, 11) is 0. The van der Waals surface area contributed by atoms with Crippen LogP contribution in [0.2, 0.25) is 0 Å². The van der Waals surface area contributed by atoms with Crippen molar-refractivity contribution in [1.82, 2.24) is 5.32 Å². The van der Waals surface area contributed by atoms with Gasteiger partial charge in [-0.15, -0.1) is 11.3 Å². The number of carboxylic acids is 1. The molecule has 0 fully saturated rings. The van der Waals surface area contributed by atoms with E-state index in [9.17, 15) is 4.79 Å². The molecule has 2 N–H and O–H groups in total. The minimum absolute atomic E-state index is 0.0845. The summed E-state index contributed by atoms with van der Waals surface area (Å²) in [6, 6.07) is 1.48. The van der Waals surface area contributed by atoms with Crippen LogP contribution in [0.25, 0.3) is 0 Å². The smallest absolute Gasteiger partial charge is 0.320 e. The summed E-state index contributed by atoms with van der Waals surface area (Å²) in [4.78, 5) is 12.0. The van der Waals surface area contributed by atoms with Crippen LogP contribution < -0.4 is 5.32 Å². The topological polar surface area (TPSA) is 49.3 Å². The lowest BCUT2D eigenvalue weighted by Crippen LogP contribution is -2.40. The van der Waals surface area contributed by atoms with Crippen LogP contribution in [0.3, 0.4) is 0 Å². The van der Waals surface area contributed by atoms with Gasteiger partial charge in [-0.1, -0.05) is 13.8 Å². The predicted molar refractivity (Wildman–Crippen MR) is 65.1 cm³/mol. The lowest BCUT2D eigenvalue weighted by atomic mass is 10.1. The summed E-state index contributed by atoms with van der Waals surface area (Å²) in [5.74, 6) is -0.709. The molecule has 84 valence electrons. The monoisotopic (exact) mass is 291 g/mol. The molecule has 1 atom stereocenters. The minimum atomic E-state index is -0.794. The van der Waals surface area contributed by atoms with Crippen molar-refractivity contribution in [3.8, 4) is 0 Å². The van der Waals surface area contributed by atoms with Crippen molar-refractivity contribution < 1.29 is 9.90 Å². The molecule has 0 saturated carbocycles. The molecule has 0 bridgehead atoms. The van der Waals surface area contributed by atoms with Gasteiger partial charge >= 0.3 is 5.97 Å². The second-order valence-corrected chi connectivity index (χ2v) is 5.49. The number of aliphatic carboxylic acids is 1. The molecule has 3 nitrogen and oxygen atoms in total. The Bertz CT molecular complexity index is 338. The van der Waals surface area contributed by atoms with Gasteiger partial charge in [-0.25, -0.2) is 0 Å². The van der Waals surface area contributed by atoms with Crippen molar-refractivity contribution in [2.24, 2.45) is 5.92 Å². The Morgan fingerprint density at radius 2 is 2.33 bits per heavy atom. The molecule has 15 heavy (non-hydrogen) atoms. The standard InChI is InChI=1S/C10H14BrNO2S/c1-6(2)9(10(13)14)12-5-8-7(11)3-4-15-8/h3-4,6,9,12H,5H2,1-2H3,(H,13,14)/t9-/m1/s1. The maximum Gasteiger partial charge on any atom is 0.320 e. The number of hydrogen-bond donors (Lipinski definition) is 2. The van der Waals surface area contributed by atoms with Crippen molar-refractivity contribution >= 4 is 33.2 Å². The first kappa shape index (κ1) is 12.7. The molecular formula is C10H14BrNO2S. The maximum absolute atomic E-state index is 10.9. The fraction of sp³-hybridized carbons (Fsp3) is 0.500. The zero-order valence-electron chi connectivity index (χ0n) is 8.66. The predicted octanol–water partition coefficient (Wildman–Crippen LogP) is 2.71. The van der Waals surface area contributed by atoms with E-state index < -0.39 is 12.0 Å². The second-order valence-electron chi connectivity index (χ2n) is 3.63. The van der Waals surface area contributed by atoms with Gasteiger partial charge in [0, 0.05) is 15.9 Å². The van der Waals surface area contributed by atoms with Crippen LogP contribution in [-0.2, 0) is 11.3 Å². The van der Waals surface area contributed by atoms with Gasteiger partial charge in [0.1, 0.15) is 6.04 Å². The van der Waals surface area contributed by atoms with E-state index >= 15 is 0 Å². The molecule has 1 heterocycles. The fourth-order valence-corrected chi connectivity index (χ4v) is 2.71. The van der Waals surface area contributed by atoms with Gasteiger partial charge in [0.15, 0.2) is 0 Å². The van der Waals surface area contributed by atoms with Gasteiger partial charge < -0.3 is 5.11 Å². The first-order valence-electron chi connectivity index (χ1n) is 4.70. The largest absolute Gasteiger partial charge is 0.480 e. The number of thiophene rings is 1. The van der Waals surface area contributed by atoms with E-state index in [0.29, 0.717) is 6.54 Å². The summed E-state index contributed by atoms with van der Waals surface area (Å²) < 4.78 is 1.04. The molecule has 0 amide bonds. The minimum Gasteiger partial charge on any atom is -0.480 e. The van der Waals surface area contributed by atoms with Gasteiger partial charge in [0.2, 0.25) is 0 Å². The van der Waals surface area contributed by atoms with E-state index in [4.69, 9.17) is 5.11 Å². The Hall–Kier alpha value is -0.390. The third-order valence-electron chi connectivity index (χ3n) is 2.11. The number of rotatable bonds is 5. The molecule has 0 aliphatic carbocycles. The van der Waals surface area contributed by atoms with Crippen molar-refractivity contribution in [2.45, 2.75) is 26.4 Å². The van der Waals surface area contributed by atoms with E-state index in [1.807, 2.05) is 25.3 Å². The molecule has 0 spiro atoms. The lowest BCUT2D eigenvalue weighted by Gasteiger charge is -2.17. The molecule has 0 aliphatic rings. The molecule has 1 rings (SSSR count). The van der Waals surface area contributed by atoms with Crippen molar-refractivity contribution in [2.75, 3.05) is 0 Å². The molecular weight excluding hydrogens is 278 g/mol. The highest BCUT2D eigenvalue weighted by Gasteiger charge is 2.20. The molecule has 1 aromatic heterocycles. The van der Waals surface area contributed by atoms with Crippen molar-refractivity contribution in [3.63, 3.8) is 0 Å². The van der Waals surface area contributed by atoms with Crippen LogP contribution >= 0.6 is 27.3 Å². The Labute approximate surface area is 102 Å².